The van der Waals surface area contributed by atoms with Crippen LogP contribution in [0.15, 0.2) is 53.1 Å². The molecule has 1 aliphatic rings. The Labute approximate surface area is 168 Å². The van der Waals surface area contributed by atoms with Crippen molar-refractivity contribution in [2.24, 2.45) is 5.73 Å². The van der Waals surface area contributed by atoms with Crippen molar-refractivity contribution in [3.8, 4) is 17.1 Å². The fraction of sp³-hybridized carbons (Fsp3) is 0.250. The molecule has 0 radical (unpaired) electrons. The second-order valence-electron chi connectivity index (χ2n) is 6.34. The van der Waals surface area contributed by atoms with Gasteiger partial charge in [-0.05, 0) is 36.2 Å². The van der Waals surface area contributed by atoms with Crippen molar-refractivity contribution in [1.29, 1.82) is 0 Å². The fourth-order valence-electron chi connectivity index (χ4n) is 3.01. The molecule has 2 N–H and O–H groups in total. The number of hydrogen-bond acceptors (Lipinski definition) is 6. The summed E-state index contributed by atoms with van der Waals surface area (Å²) in [4.78, 5) is 17.9. The molecule has 2 heterocycles. The van der Waals surface area contributed by atoms with Crippen LogP contribution < -0.4 is 15.4 Å². The Morgan fingerprint density at radius 3 is 2.50 bits per heavy atom. The Morgan fingerprint density at radius 2 is 1.86 bits per heavy atom. The standard InChI is InChI=1S/C20H20N4O3.ClH/c21-12-14-3-5-15(6-4-14)20-22-18(27-23-20)13-26-17-9-7-16(8-10-17)24-11-1-2-19(24)25;/h3-10H,1-2,11-13,21H2;1H. The average Bonchev–Trinajstić information content (AvgIpc) is 3.36. The van der Waals surface area contributed by atoms with Crippen molar-refractivity contribution in [3.05, 3.63) is 60.0 Å². The van der Waals surface area contributed by atoms with E-state index >= 15 is 0 Å². The van der Waals surface area contributed by atoms with Crippen molar-refractivity contribution in [3.63, 3.8) is 0 Å². The number of carbonyl (C=O) groups excluding carboxylic acids is 1. The summed E-state index contributed by atoms with van der Waals surface area (Å²) >= 11 is 0. The molecule has 0 saturated carbocycles. The SMILES string of the molecule is Cl.NCc1ccc(-c2noc(COc3ccc(N4CCCC4=O)cc3)n2)cc1. The van der Waals surface area contributed by atoms with E-state index in [-0.39, 0.29) is 24.9 Å². The van der Waals surface area contributed by atoms with E-state index in [0.29, 0.717) is 30.4 Å². The number of amides is 1. The minimum Gasteiger partial charge on any atom is -0.484 e. The van der Waals surface area contributed by atoms with Crippen molar-refractivity contribution in [2.45, 2.75) is 26.0 Å². The highest BCUT2D eigenvalue weighted by Crippen LogP contribution is 2.24. The van der Waals surface area contributed by atoms with E-state index in [9.17, 15) is 4.79 Å². The van der Waals surface area contributed by atoms with Crippen LogP contribution in [0.25, 0.3) is 11.4 Å². The van der Waals surface area contributed by atoms with E-state index in [2.05, 4.69) is 10.1 Å². The normalized spacial score (nSPS) is 13.5. The number of ether oxygens (including phenoxy) is 1. The van der Waals surface area contributed by atoms with Gasteiger partial charge in [0.15, 0.2) is 6.61 Å². The molecule has 7 nitrogen and oxygen atoms in total. The number of nitrogens with zero attached hydrogens (tertiary/aromatic N) is 3. The molecule has 0 spiro atoms. The Balaban J connectivity index is 0.00000225. The van der Waals surface area contributed by atoms with Crippen LogP contribution in [0.5, 0.6) is 5.75 Å². The highest BCUT2D eigenvalue weighted by atomic mass is 35.5. The molecule has 0 atom stereocenters. The zero-order valence-electron chi connectivity index (χ0n) is 15.2. The van der Waals surface area contributed by atoms with Gasteiger partial charge in [-0.1, -0.05) is 29.4 Å². The second kappa shape index (κ2) is 8.86. The van der Waals surface area contributed by atoms with Gasteiger partial charge < -0.3 is 19.9 Å². The quantitative estimate of drug-likeness (QED) is 0.682. The van der Waals surface area contributed by atoms with Crippen LogP contribution in [0.1, 0.15) is 24.3 Å². The van der Waals surface area contributed by atoms with Crippen molar-refractivity contribution >= 4 is 24.0 Å². The zero-order valence-corrected chi connectivity index (χ0v) is 16.0. The molecule has 0 unspecified atom stereocenters. The maximum Gasteiger partial charge on any atom is 0.264 e. The molecule has 2 aromatic carbocycles. The highest BCUT2D eigenvalue weighted by molar-refractivity contribution is 5.95. The van der Waals surface area contributed by atoms with Gasteiger partial charge in [-0.2, -0.15) is 4.98 Å². The van der Waals surface area contributed by atoms with Gasteiger partial charge in [0.25, 0.3) is 5.89 Å². The number of rotatable bonds is 6. The van der Waals surface area contributed by atoms with E-state index in [4.69, 9.17) is 15.0 Å². The summed E-state index contributed by atoms with van der Waals surface area (Å²) in [7, 11) is 0. The minimum atomic E-state index is 0. The molecular formula is C20H21ClN4O3. The lowest BCUT2D eigenvalue weighted by atomic mass is 10.1. The summed E-state index contributed by atoms with van der Waals surface area (Å²) in [5, 5.41) is 3.99. The smallest absolute Gasteiger partial charge is 0.264 e. The van der Waals surface area contributed by atoms with E-state index in [1.165, 1.54) is 0 Å². The van der Waals surface area contributed by atoms with E-state index < -0.39 is 0 Å². The van der Waals surface area contributed by atoms with Crippen LogP contribution in [-0.2, 0) is 17.9 Å². The summed E-state index contributed by atoms with van der Waals surface area (Å²) in [6, 6.07) is 15.1. The number of benzene rings is 2. The molecule has 1 fully saturated rings. The second-order valence-corrected chi connectivity index (χ2v) is 6.34. The molecular weight excluding hydrogens is 380 g/mol. The van der Waals surface area contributed by atoms with Gasteiger partial charge >= 0.3 is 0 Å². The number of hydrogen-bond donors (Lipinski definition) is 1. The highest BCUT2D eigenvalue weighted by Gasteiger charge is 2.21. The van der Waals surface area contributed by atoms with Crippen LogP contribution >= 0.6 is 12.4 Å². The average molecular weight is 401 g/mol. The van der Waals surface area contributed by atoms with Crippen molar-refractivity contribution < 1.29 is 14.1 Å². The predicted octanol–water partition coefficient (Wildman–Crippen LogP) is 3.32. The molecule has 1 aromatic heterocycles. The predicted molar refractivity (Wildman–Crippen MR) is 107 cm³/mol. The lowest BCUT2D eigenvalue weighted by Crippen LogP contribution is -2.23. The summed E-state index contributed by atoms with van der Waals surface area (Å²) in [6.45, 7) is 1.45. The van der Waals surface area contributed by atoms with Gasteiger partial charge in [0.1, 0.15) is 5.75 Å². The van der Waals surface area contributed by atoms with Crippen LogP contribution in [0.3, 0.4) is 0 Å². The number of aromatic nitrogens is 2. The molecule has 28 heavy (non-hydrogen) atoms. The van der Waals surface area contributed by atoms with E-state index in [1.54, 1.807) is 4.90 Å². The van der Waals surface area contributed by atoms with Gasteiger partial charge in [-0.15, -0.1) is 12.4 Å². The molecule has 146 valence electrons. The first-order valence-electron chi connectivity index (χ1n) is 8.88. The van der Waals surface area contributed by atoms with Crippen molar-refractivity contribution in [2.75, 3.05) is 11.4 Å². The van der Waals surface area contributed by atoms with Crippen LogP contribution in [0.2, 0.25) is 0 Å². The Hall–Kier alpha value is -2.90. The molecule has 1 aliphatic heterocycles. The molecule has 8 heteroatoms. The largest absolute Gasteiger partial charge is 0.484 e. The van der Waals surface area contributed by atoms with Gasteiger partial charge in [0.05, 0.1) is 0 Å². The van der Waals surface area contributed by atoms with Crippen molar-refractivity contribution in [1.82, 2.24) is 10.1 Å². The fourth-order valence-corrected chi connectivity index (χ4v) is 3.01. The topological polar surface area (TPSA) is 94.5 Å². The first kappa shape index (κ1) is 19.9. The van der Waals surface area contributed by atoms with Crippen LogP contribution in [-0.4, -0.2) is 22.6 Å². The Kier molecular flexibility index (Phi) is 6.28. The third-order valence-electron chi connectivity index (χ3n) is 4.50. The van der Waals surface area contributed by atoms with Gasteiger partial charge in [0, 0.05) is 30.8 Å². The number of carbonyl (C=O) groups is 1. The van der Waals surface area contributed by atoms with Gasteiger partial charge in [0.2, 0.25) is 11.7 Å². The maximum absolute atomic E-state index is 11.8. The zero-order chi connectivity index (χ0) is 18.6. The molecule has 3 aromatic rings. The molecule has 4 rings (SSSR count). The minimum absolute atomic E-state index is 0. The molecule has 0 bridgehead atoms. The summed E-state index contributed by atoms with van der Waals surface area (Å²) in [5.41, 5.74) is 8.41. The van der Waals surface area contributed by atoms with Crippen LogP contribution in [0.4, 0.5) is 5.69 Å². The van der Waals surface area contributed by atoms with Gasteiger partial charge in [-0.25, -0.2) is 0 Å². The maximum atomic E-state index is 11.8. The van der Waals surface area contributed by atoms with Crippen LogP contribution in [0, 0.1) is 0 Å². The first-order chi connectivity index (χ1) is 13.2. The summed E-state index contributed by atoms with van der Waals surface area (Å²) in [6.07, 6.45) is 1.53. The third-order valence-corrected chi connectivity index (χ3v) is 4.50. The number of halogens is 1. The Morgan fingerprint density at radius 1 is 1.11 bits per heavy atom. The summed E-state index contributed by atoms with van der Waals surface area (Å²) in [5.74, 6) is 1.76. The molecule has 1 amide bonds. The lowest BCUT2D eigenvalue weighted by Gasteiger charge is -2.15. The monoisotopic (exact) mass is 400 g/mol. The van der Waals surface area contributed by atoms with E-state index in [0.717, 1.165) is 29.8 Å². The van der Waals surface area contributed by atoms with E-state index in [1.807, 2.05) is 48.5 Å². The molecule has 0 aliphatic carbocycles. The third kappa shape index (κ3) is 4.32. The summed E-state index contributed by atoms with van der Waals surface area (Å²) < 4.78 is 11.0. The Bertz CT molecular complexity index is 925. The molecule has 1 saturated heterocycles. The number of anilines is 1. The first-order valence-corrected chi connectivity index (χ1v) is 8.88. The van der Waals surface area contributed by atoms with Gasteiger partial charge in [-0.3, -0.25) is 4.79 Å². The lowest BCUT2D eigenvalue weighted by molar-refractivity contribution is -0.117. The number of nitrogens with two attached hydrogens (primary N) is 1.